The molecule has 0 radical (unpaired) electrons. The molecule has 0 saturated heterocycles. The topological polar surface area (TPSA) is 53.2 Å². The van der Waals surface area contributed by atoms with Crippen LogP contribution in [0, 0.1) is 11.6 Å². The Labute approximate surface area is 131 Å². The van der Waals surface area contributed by atoms with Crippen molar-refractivity contribution in [3.63, 3.8) is 0 Å². The van der Waals surface area contributed by atoms with Crippen molar-refractivity contribution < 1.29 is 13.6 Å². The van der Waals surface area contributed by atoms with Gasteiger partial charge in [0, 0.05) is 35.7 Å². The second-order valence-electron chi connectivity index (χ2n) is 6.41. The number of pyridine rings is 1. The van der Waals surface area contributed by atoms with Gasteiger partial charge in [0.2, 0.25) is 6.41 Å². The van der Waals surface area contributed by atoms with Crippen molar-refractivity contribution in [1.29, 1.82) is 0 Å². The molecule has 1 aliphatic heterocycles. The van der Waals surface area contributed by atoms with E-state index in [0.29, 0.717) is 29.9 Å². The van der Waals surface area contributed by atoms with Crippen molar-refractivity contribution in [3.8, 4) is 0 Å². The Morgan fingerprint density at radius 1 is 1.26 bits per heavy atom. The number of hydrogen-bond donors (Lipinski definition) is 1. The molecule has 4 nitrogen and oxygen atoms in total. The minimum Gasteiger partial charge on any atom is -0.323 e. The van der Waals surface area contributed by atoms with Crippen molar-refractivity contribution in [1.82, 2.24) is 4.98 Å². The predicted octanol–water partition coefficient (Wildman–Crippen LogP) is 2.50. The van der Waals surface area contributed by atoms with Crippen LogP contribution < -0.4 is 10.5 Å². The van der Waals surface area contributed by atoms with Crippen LogP contribution in [0.4, 0.5) is 14.5 Å². The molecule has 1 N–H and O–H groups in total. The molecule has 0 aliphatic carbocycles. The van der Waals surface area contributed by atoms with E-state index in [1.54, 1.807) is 6.07 Å². The minimum atomic E-state index is -0.697. The summed E-state index contributed by atoms with van der Waals surface area (Å²) < 4.78 is 26.8. The fourth-order valence-electron chi connectivity index (χ4n) is 2.99. The van der Waals surface area contributed by atoms with Crippen molar-refractivity contribution in [2.24, 2.45) is 0 Å². The number of aromatic nitrogens is 1. The van der Waals surface area contributed by atoms with Gasteiger partial charge in [-0.1, -0.05) is 19.9 Å². The van der Waals surface area contributed by atoms with Gasteiger partial charge in [-0.2, -0.15) is 0 Å². The molecule has 1 aliphatic rings. The molecule has 2 aromatic rings. The van der Waals surface area contributed by atoms with E-state index in [4.69, 9.17) is 0 Å². The van der Waals surface area contributed by atoms with E-state index < -0.39 is 11.6 Å². The second-order valence-corrected chi connectivity index (χ2v) is 6.41. The number of fused-ring (bicyclic) bond motifs is 1. The van der Waals surface area contributed by atoms with Gasteiger partial charge in [-0.15, -0.1) is 0 Å². The first-order valence-corrected chi connectivity index (χ1v) is 7.24. The molecule has 3 rings (SSSR count). The van der Waals surface area contributed by atoms with Crippen LogP contribution in [0.2, 0.25) is 0 Å². The zero-order valence-corrected chi connectivity index (χ0v) is 12.8. The number of carbonyl (C=O) groups is 1. The molecule has 6 heteroatoms. The molecule has 0 bridgehead atoms. The second kappa shape index (κ2) is 5.30. The summed E-state index contributed by atoms with van der Waals surface area (Å²) in [5.41, 5.74) is 1.20. The van der Waals surface area contributed by atoms with Crippen LogP contribution in [-0.4, -0.2) is 17.9 Å². The number of benzene rings is 1. The van der Waals surface area contributed by atoms with Crippen molar-refractivity contribution in [2.45, 2.75) is 25.7 Å². The first kappa shape index (κ1) is 15.4. The van der Waals surface area contributed by atoms with Gasteiger partial charge in [-0.05, 0) is 17.7 Å². The smallest absolute Gasteiger partial charge is 0.251 e. The molecule has 0 fully saturated rings. The first-order chi connectivity index (χ1) is 10.8. The van der Waals surface area contributed by atoms with Gasteiger partial charge >= 0.3 is 0 Å². The normalized spacial score (nSPS) is 15.6. The highest BCUT2D eigenvalue weighted by Crippen LogP contribution is 2.37. The SMILES string of the molecule is CC1(C)CN(C=O)c2cc(Cc3ccc(F)cc3F)c(=O)[nH]c21. The van der Waals surface area contributed by atoms with Crippen molar-refractivity contribution >= 4 is 12.1 Å². The molecule has 1 aromatic carbocycles. The predicted molar refractivity (Wildman–Crippen MR) is 82.7 cm³/mol. The lowest BCUT2D eigenvalue weighted by atomic mass is 9.91. The van der Waals surface area contributed by atoms with Crippen LogP contribution in [0.15, 0.2) is 29.1 Å². The maximum Gasteiger partial charge on any atom is 0.251 e. The summed E-state index contributed by atoms with van der Waals surface area (Å²) in [5.74, 6) is -1.36. The summed E-state index contributed by atoms with van der Waals surface area (Å²) in [6.07, 6.45) is 0.746. The van der Waals surface area contributed by atoms with Crippen LogP contribution in [0.1, 0.15) is 30.7 Å². The minimum absolute atomic E-state index is 0.0296. The maximum absolute atomic E-state index is 13.8. The molecule has 2 heterocycles. The number of nitrogens with zero attached hydrogens (tertiary/aromatic N) is 1. The first-order valence-electron chi connectivity index (χ1n) is 7.24. The molecule has 0 atom stereocenters. The fourth-order valence-corrected chi connectivity index (χ4v) is 2.99. The maximum atomic E-state index is 13.8. The summed E-state index contributed by atoms with van der Waals surface area (Å²) in [7, 11) is 0. The van der Waals surface area contributed by atoms with Gasteiger partial charge in [0.15, 0.2) is 0 Å². The Hall–Kier alpha value is -2.50. The van der Waals surface area contributed by atoms with E-state index in [2.05, 4.69) is 4.98 Å². The van der Waals surface area contributed by atoms with E-state index in [1.807, 2.05) is 13.8 Å². The van der Waals surface area contributed by atoms with E-state index >= 15 is 0 Å². The number of hydrogen-bond acceptors (Lipinski definition) is 2. The standard InChI is InChI=1S/C17H16F2N2O2/c1-17(2)8-21(9-22)14-6-11(16(23)20-15(14)17)5-10-3-4-12(18)7-13(10)19/h3-4,6-7,9H,5,8H2,1-2H3,(H,20,23). The van der Waals surface area contributed by atoms with E-state index in [1.165, 1.54) is 11.0 Å². The number of anilines is 1. The quantitative estimate of drug-likeness (QED) is 0.884. The molecule has 120 valence electrons. The summed E-state index contributed by atoms with van der Waals surface area (Å²) in [4.78, 5) is 27.9. The molecule has 0 spiro atoms. The zero-order chi connectivity index (χ0) is 16.8. The van der Waals surface area contributed by atoms with Crippen LogP contribution in [0.3, 0.4) is 0 Å². The Kier molecular flexibility index (Phi) is 3.55. The average molecular weight is 318 g/mol. The van der Waals surface area contributed by atoms with Gasteiger partial charge in [-0.25, -0.2) is 8.78 Å². The third-order valence-corrected chi connectivity index (χ3v) is 4.17. The van der Waals surface area contributed by atoms with Crippen molar-refractivity contribution in [3.05, 3.63) is 63.1 Å². The number of H-pyrrole nitrogens is 1. The van der Waals surface area contributed by atoms with Crippen molar-refractivity contribution in [2.75, 3.05) is 11.4 Å². The van der Waals surface area contributed by atoms with Crippen LogP contribution in [-0.2, 0) is 16.6 Å². The third kappa shape index (κ3) is 2.65. The molecular weight excluding hydrogens is 302 g/mol. The fraction of sp³-hybridized carbons (Fsp3) is 0.294. The van der Waals surface area contributed by atoms with Gasteiger partial charge in [0.05, 0.1) is 5.69 Å². The molecule has 1 amide bonds. The van der Waals surface area contributed by atoms with Gasteiger partial charge in [0.1, 0.15) is 11.6 Å². The summed E-state index contributed by atoms with van der Waals surface area (Å²) in [6, 6.07) is 4.87. The number of nitrogens with one attached hydrogen (secondary N) is 1. The van der Waals surface area contributed by atoms with Crippen LogP contribution in [0.25, 0.3) is 0 Å². The third-order valence-electron chi connectivity index (χ3n) is 4.17. The average Bonchev–Trinajstić information content (AvgIpc) is 2.73. The Bertz CT molecular complexity index is 843. The van der Waals surface area contributed by atoms with Crippen LogP contribution in [0.5, 0.6) is 0 Å². The lowest BCUT2D eigenvalue weighted by molar-refractivity contribution is -0.107. The lowest BCUT2D eigenvalue weighted by Gasteiger charge is -2.17. The van der Waals surface area contributed by atoms with Gasteiger partial charge < -0.3 is 9.88 Å². The Balaban J connectivity index is 2.05. The van der Waals surface area contributed by atoms with E-state index in [0.717, 1.165) is 12.1 Å². The monoisotopic (exact) mass is 318 g/mol. The van der Waals surface area contributed by atoms with Crippen LogP contribution >= 0.6 is 0 Å². The number of halogens is 2. The zero-order valence-electron chi connectivity index (χ0n) is 12.8. The number of carbonyl (C=O) groups excluding carboxylic acids is 1. The molecule has 23 heavy (non-hydrogen) atoms. The largest absolute Gasteiger partial charge is 0.323 e. The lowest BCUT2D eigenvalue weighted by Crippen LogP contribution is -2.27. The highest BCUT2D eigenvalue weighted by atomic mass is 19.1. The Morgan fingerprint density at radius 2 is 2.00 bits per heavy atom. The van der Waals surface area contributed by atoms with E-state index in [-0.39, 0.29) is 23.0 Å². The molecule has 1 aromatic heterocycles. The Morgan fingerprint density at radius 3 is 2.65 bits per heavy atom. The van der Waals surface area contributed by atoms with E-state index in [9.17, 15) is 18.4 Å². The summed E-state index contributed by atoms with van der Waals surface area (Å²) in [5, 5.41) is 0. The van der Waals surface area contributed by atoms with Gasteiger partial charge in [-0.3, -0.25) is 9.59 Å². The number of rotatable bonds is 3. The molecule has 0 saturated carbocycles. The number of aromatic amines is 1. The highest BCUT2D eigenvalue weighted by molar-refractivity contribution is 5.80. The van der Waals surface area contributed by atoms with Gasteiger partial charge in [0.25, 0.3) is 5.56 Å². The summed E-state index contributed by atoms with van der Waals surface area (Å²) in [6.45, 7) is 4.34. The highest BCUT2D eigenvalue weighted by Gasteiger charge is 2.36. The molecular formula is C17H16F2N2O2. The molecule has 0 unspecified atom stereocenters. The number of amides is 1. The summed E-state index contributed by atoms with van der Waals surface area (Å²) >= 11 is 0.